The van der Waals surface area contributed by atoms with Crippen LogP contribution in [0.25, 0.3) is 0 Å². The molecule has 19 heavy (non-hydrogen) atoms. The summed E-state index contributed by atoms with van der Waals surface area (Å²) in [7, 11) is -2.57. The SMILES string of the molecule is CC(C)(C)P(=O)(c1ccncc1)N1CCCCCC1. The highest BCUT2D eigenvalue weighted by Crippen LogP contribution is 2.59. The molecule has 1 atom stereocenters. The van der Waals surface area contributed by atoms with Crippen LogP contribution in [0.2, 0.25) is 0 Å². The molecule has 0 N–H and O–H groups in total. The minimum Gasteiger partial charge on any atom is -0.301 e. The Labute approximate surface area is 116 Å². The van der Waals surface area contributed by atoms with Crippen molar-refractivity contribution in [3.63, 3.8) is 0 Å². The summed E-state index contributed by atoms with van der Waals surface area (Å²) in [5.41, 5.74) is 0. The lowest BCUT2D eigenvalue weighted by molar-refractivity contribution is 0.410. The lowest BCUT2D eigenvalue weighted by Crippen LogP contribution is -2.36. The second kappa shape index (κ2) is 5.76. The van der Waals surface area contributed by atoms with Crippen molar-refractivity contribution < 1.29 is 4.57 Å². The minimum atomic E-state index is -2.57. The van der Waals surface area contributed by atoms with E-state index >= 15 is 0 Å². The van der Waals surface area contributed by atoms with Crippen LogP contribution in [0.3, 0.4) is 0 Å². The first-order valence-corrected chi connectivity index (χ1v) is 8.88. The fraction of sp³-hybridized carbons (Fsp3) is 0.667. The Balaban J connectivity index is 2.43. The van der Waals surface area contributed by atoms with Crippen LogP contribution in [0.1, 0.15) is 46.5 Å². The molecule has 106 valence electrons. The van der Waals surface area contributed by atoms with Crippen molar-refractivity contribution in [2.45, 2.75) is 51.6 Å². The molecule has 1 unspecified atom stereocenters. The highest BCUT2D eigenvalue weighted by atomic mass is 31.2. The zero-order valence-corrected chi connectivity index (χ0v) is 13.2. The summed E-state index contributed by atoms with van der Waals surface area (Å²) in [5.74, 6) is 0. The Morgan fingerprint density at radius 2 is 1.58 bits per heavy atom. The molecule has 3 nitrogen and oxygen atoms in total. The van der Waals surface area contributed by atoms with Gasteiger partial charge in [0.1, 0.15) is 0 Å². The number of hydrogen-bond acceptors (Lipinski definition) is 2. The van der Waals surface area contributed by atoms with Crippen molar-refractivity contribution in [1.82, 2.24) is 9.65 Å². The lowest BCUT2D eigenvalue weighted by Gasteiger charge is -2.40. The quantitative estimate of drug-likeness (QED) is 0.775. The van der Waals surface area contributed by atoms with Gasteiger partial charge in [-0.2, -0.15) is 0 Å². The van der Waals surface area contributed by atoms with Crippen molar-refractivity contribution in [2.75, 3.05) is 13.1 Å². The smallest absolute Gasteiger partial charge is 0.183 e. The van der Waals surface area contributed by atoms with Crippen molar-refractivity contribution in [2.24, 2.45) is 0 Å². The molecule has 1 aromatic heterocycles. The van der Waals surface area contributed by atoms with Crippen molar-refractivity contribution in [3.05, 3.63) is 24.5 Å². The fourth-order valence-corrected chi connectivity index (χ4v) is 6.19. The van der Waals surface area contributed by atoms with E-state index < -0.39 is 7.29 Å². The molecule has 0 radical (unpaired) electrons. The van der Waals surface area contributed by atoms with Gasteiger partial charge in [0.05, 0.1) is 0 Å². The molecule has 4 heteroatoms. The van der Waals surface area contributed by atoms with Crippen LogP contribution in [0.15, 0.2) is 24.5 Å². The van der Waals surface area contributed by atoms with E-state index in [0.29, 0.717) is 0 Å². The Morgan fingerprint density at radius 1 is 1.05 bits per heavy atom. The van der Waals surface area contributed by atoms with E-state index in [-0.39, 0.29) is 5.16 Å². The average molecular weight is 280 g/mol. The van der Waals surface area contributed by atoms with Crippen molar-refractivity contribution in [3.8, 4) is 0 Å². The summed E-state index contributed by atoms with van der Waals surface area (Å²) in [6, 6.07) is 3.85. The van der Waals surface area contributed by atoms with E-state index in [1.54, 1.807) is 12.4 Å². The molecule has 0 aliphatic carbocycles. The minimum absolute atomic E-state index is 0.237. The van der Waals surface area contributed by atoms with Crippen LogP contribution >= 0.6 is 7.29 Å². The predicted octanol–water partition coefficient (Wildman–Crippen LogP) is 3.66. The normalized spacial score (nSPS) is 21.6. The van der Waals surface area contributed by atoms with Gasteiger partial charge in [-0.05, 0) is 25.0 Å². The number of hydrogen-bond donors (Lipinski definition) is 0. The predicted molar refractivity (Wildman–Crippen MR) is 81.3 cm³/mol. The van der Waals surface area contributed by atoms with E-state index in [0.717, 1.165) is 31.2 Å². The molecule has 1 aromatic rings. The van der Waals surface area contributed by atoms with Crippen LogP contribution in [0.4, 0.5) is 0 Å². The van der Waals surface area contributed by atoms with Crippen LogP contribution in [0, 0.1) is 0 Å². The molecule has 1 saturated heterocycles. The maximum atomic E-state index is 13.8. The van der Waals surface area contributed by atoms with Crippen molar-refractivity contribution in [1.29, 1.82) is 0 Å². The van der Waals surface area contributed by atoms with E-state index in [4.69, 9.17) is 0 Å². The van der Waals surface area contributed by atoms with Gasteiger partial charge in [-0.3, -0.25) is 4.98 Å². The monoisotopic (exact) mass is 280 g/mol. The Kier molecular flexibility index (Phi) is 4.47. The molecule has 0 saturated carbocycles. The number of aromatic nitrogens is 1. The standard InChI is InChI=1S/C15H25N2OP/c1-15(2,3)19(18,14-8-10-16-11-9-14)17-12-6-4-5-7-13-17/h8-11H,4-7,12-13H2,1-3H3. The van der Waals surface area contributed by atoms with Gasteiger partial charge in [0.15, 0.2) is 7.29 Å². The number of nitrogens with zero attached hydrogens (tertiary/aromatic N) is 2. The zero-order valence-electron chi connectivity index (χ0n) is 12.3. The van der Waals surface area contributed by atoms with Crippen LogP contribution in [0.5, 0.6) is 0 Å². The van der Waals surface area contributed by atoms with Gasteiger partial charge >= 0.3 is 0 Å². The molecule has 1 aliphatic heterocycles. The van der Waals surface area contributed by atoms with Crippen molar-refractivity contribution >= 4 is 12.6 Å². The second-order valence-corrected chi connectivity index (χ2v) is 9.90. The molecule has 1 fully saturated rings. The molecule has 2 heterocycles. The number of rotatable bonds is 2. The first-order valence-electron chi connectivity index (χ1n) is 7.22. The third kappa shape index (κ3) is 2.93. The van der Waals surface area contributed by atoms with Crippen LogP contribution < -0.4 is 5.30 Å². The largest absolute Gasteiger partial charge is 0.301 e. The number of pyridine rings is 1. The third-order valence-corrected chi connectivity index (χ3v) is 7.92. The summed E-state index contributed by atoms with van der Waals surface area (Å²) in [6.07, 6.45) is 8.35. The van der Waals surface area contributed by atoms with Gasteiger partial charge in [-0.15, -0.1) is 0 Å². The summed E-state index contributed by atoms with van der Waals surface area (Å²) in [5, 5.41) is 0.718. The van der Waals surface area contributed by atoms with Gasteiger partial charge in [-0.25, -0.2) is 4.67 Å². The molecule has 0 bridgehead atoms. The van der Waals surface area contributed by atoms with E-state index in [2.05, 4.69) is 30.4 Å². The van der Waals surface area contributed by atoms with Gasteiger partial charge in [0.25, 0.3) is 0 Å². The third-order valence-electron chi connectivity index (χ3n) is 3.90. The molecule has 0 aromatic carbocycles. The van der Waals surface area contributed by atoms with E-state index in [9.17, 15) is 4.57 Å². The second-order valence-electron chi connectivity index (χ2n) is 6.32. The molecule has 1 aliphatic rings. The van der Waals surface area contributed by atoms with Crippen LogP contribution in [-0.2, 0) is 4.57 Å². The molecule has 0 amide bonds. The Bertz CT molecular complexity index is 445. The molecule has 0 spiro atoms. The molecular weight excluding hydrogens is 255 g/mol. The van der Waals surface area contributed by atoms with E-state index in [1.807, 2.05) is 12.1 Å². The van der Waals surface area contributed by atoms with E-state index in [1.165, 1.54) is 12.8 Å². The highest BCUT2D eigenvalue weighted by molar-refractivity contribution is 7.70. The zero-order chi connectivity index (χ0) is 13.9. The lowest BCUT2D eigenvalue weighted by atomic mass is 10.2. The van der Waals surface area contributed by atoms with Gasteiger partial charge in [0, 0.05) is 35.9 Å². The van der Waals surface area contributed by atoms with Gasteiger partial charge < -0.3 is 4.57 Å². The summed E-state index contributed by atoms with van der Waals surface area (Å²) >= 11 is 0. The average Bonchev–Trinajstić information content (AvgIpc) is 2.66. The topological polar surface area (TPSA) is 33.2 Å². The highest BCUT2D eigenvalue weighted by Gasteiger charge is 2.43. The van der Waals surface area contributed by atoms with Crippen LogP contribution in [-0.4, -0.2) is 27.9 Å². The fourth-order valence-electron chi connectivity index (χ4n) is 2.86. The maximum absolute atomic E-state index is 13.8. The van der Waals surface area contributed by atoms with Gasteiger partial charge in [0.2, 0.25) is 0 Å². The first kappa shape index (κ1) is 14.7. The molecular formula is C15H25N2OP. The Morgan fingerprint density at radius 3 is 2.05 bits per heavy atom. The summed E-state index contributed by atoms with van der Waals surface area (Å²) in [4.78, 5) is 4.06. The van der Waals surface area contributed by atoms with Gasteiger partial charge in [-0.1, -0.05) is 33.6 Å². The first-order chi connectivity index (χ1) is 8.96. The molecule has 2 rings (SSSR count). The Hall–Kier alpha value is -0.660. The maximum Gasteiger partial charge on any atom is 0.183 e. The summed E-state index contributed by atoms with van der Waals surface area (Å²) < 4.78 is 16.1. The summed E-state index contributed by atoms with van der Waals surface area (Å²) in [6.45, 7) is 8.20.